The van der Waals surface area contributed by atoms with Gasteiger partial charge in [-0.15, -0.1) is 0 Å². The van der Waals surface area contributed by atoms with Gasteiger partial charge in [-0.3, -0.25) is 4.98 Å². The maximum atomic E-state index is 11.7. The number of carbonyl (C=O) groups is 1. The number of anilines is 1. The zero-order valence-corrected chi connectivity index (χ0v) is 10.9. The van der Waals surface area contributed by atoms with Crippen molar-refractivity contribution in [2.24, 2.45) is 0 Å². The van der Waals surface area contributed by atoms with Gasteiger partial charge >= 0.3 is 5.97 Å². The van der Waals surface area contributed by atoms with Gasteiger partial charge in [0, 0.05) is 22.4 Å². The molecule has 2 aromatic heterocycles. The van der Waals surface area contributed by atoms with Crippen LogP contribution in [0.2, 0.25) is 0 Å². The molecule has 0 radical (unpaired) electrons. The lowest BCUT2D eigenvalue weighted by Crippen LogP contribution is -2.07. The number of aromatic nitrogens is 2. The first kappa shape index (κ1) is 12.5. The van der Waals surface area contributed by atoms with Crippen molar-refractivity contribution in [2.75, 3.05) is 5.73 Å². The zero-order valence-electron chi connectivity index (χ0n) is 9.34. The van der Waals surface area contributed by atoms with Gasteiger partial charge in [0.25, 0.3) is 0 Å². The molecule has 92 valence electrons. The lowest BCUT2D eigenvalue weighted by Gasteiger charge is -2.04. The van der Waals surface area contributed by atoms with Crippen LogP contribution in [-0.4, -0.2) is 15.9 Å². The maximum Gasteiger partial charge on any atom is 0.357 e. The second kappa shape index (κ2) is 5.59. The number of carbonyl (C=O) groups excluding carboxylic acids is 1. The number of rotatable bonds is 3. The number of hydrogen-bond donors (Lipinski definition) is 1. The summed E-state index contributed by atoms with van der Waals surface area (Å²) in [5, 5.41) is 0. The molecule has 0 saturated carbocycles. The SMILES string of the molecule is Nc1ccc(C(=O)OCc2cncc(Br)c2)nc1. The normalized spacial score (nSPS) is 10.1. The van der Waals surface area contributed by atoms with Crippen molar-refractivity contribution < 1.29 is 9.53 Å². The summed E-state index contributed by atoms with van der Waals surface area (Å²) in [5.41, 5.74) is 7.01. The molecule has 2 aromatic rings. The van der Waals surface area contributed by atoms with E-state index in [0.717, 1.165) is 10.0 Å². The number of nitrogens with zero attached hydrogens (tertiary/aromatic N) is 2. The average molecular weight is 308 g/mol. The van der Waals surface area contributed by atoms with Crippen molar-refractivity contribution in [1.29, 1.82) is 0 Å². The summed E-state index contributed by atoms with van der Waals surface area (Å²) in [5.74, 6) is -0.491. The van der Waals surface area contributed by atoms with E-state index in [2.05, 4.69) is 25.9 Å². The maximum absolute atomic E-state index is 11.7. The van der Waals surface area contributed by atoms with Crippen molar-refractivity contribution in [1.82, 2.24) is 9.97 Å². The summed E-state index contributed by atoms with van der Waals surface area (Å²) in [6.07, 6.45) is 4.71. The molecule has 0 aliphatic rings. The fourth-order valence-corrected chi connectivity index (χ4v) is 1.70. The molecule has 2 N–H and O–H groups in total. The highest BCUT2D eigenvalue weighted by Crippen LogP contribution is 2.11. The summed E-state index contributed by atoms with van der Waals surface area (Å²) in [6.45, 7) is 0.150. The number of nitrogen functional groups attached to an aromatic ring is 1. The van der Waals surface area contributed by atoms with E-state index in [1.165, 1.54) is 12.3 Å². The second-order valence-corrected chi connectivity index (χ2v) is 4.48. The van der Waals surface area contributed by atoms with Gasteiger partial charge in [0.1, 0.15) is 12.3 Å². The predicted octanol–water partition coefficient (Wildman–Crippen LogP) is 2.18. The molecule has 5 nitrogen and oxygen atoms in total. The molecule has 0 bridgehead atoms. The molecule has 0 spiro atoms. The van der Waals surface area contributed by atoms with Crippen LogP contribution in [0.3, 0.4) is 0 Å². The summed E-state index contributed by atoms with van der Waals surface area (Å²) >= 11 is 3.29. The van der Waals surface area contributed by atoms with E-state index in [1.807, 2.05) is 6.07 Å². The Morgan fingerprint density at radius 1 is 1.33 bits per heavy atom. The highest BCUT2D eigenvalue weighted by molar-refractivity contribution is 9.10. The van der Waals surface area contributed by atoms with E-state index in [1.54, 1.807) is 18.5 Å². The van der Waals surface area contributed by atoms with Crippen LogP contribution in [-0.2, 0) is 11.3 Å². The van der Waals surface area contributed by atoms with E-state index in [9.17, 15) is 4.79 Å². The topological polar surface area (TPSA) is 78.1 Å². The van der Waals surface area contributed by atoms with Crippen LogP contribution in [0.1, 0.15) is 16.1 Å². The molecule has 0 aromatic carbocycles. The Balaban J connectivity index is 1.98. The largest absolute Gasteiger partial charge is 0.456 e. The standard InChI is InChI=1S/C12H10BrN3O2/c13-9-3-8(4-15-5-9)7-18-12(17)11-2-1-10(14)6-16-11/h1-6H,7,14H2. The lowest BCUT2D eigenvalue weighted by atomic mass is 10.3. The van der Waals surface area contributed by atoms with E-state index in [-0.39, 0.29) is 12.3 Å². The van der Waals surface area contributed by atoms with E-state index >= 15 is 0 Å². The minimum atomic E-state index is -0.491. The van der Waals surface area contributed by atoms with Gasteiger partial charge in [-0.1, -0.05) is 0 Å². The third-order valence-corrected chi connectivity index (χ3v) is 2.56. The molecule has 18 heavy (non-hydrogen) atoms. The molecule has 0 aliphatic heterocycles. The Bertz CT molecular complexity index is 558. The Kier molecular flexibility index (Phi) is 3.88. The Labute approximate surface area is 112 Å². The highest BCUT2D eigenvalue weighted by Gasteiger charge is 2.08. The van der Waals surface area contributed by atoms with E-state index < -0.39 is 5.97 Å². The quantitative estimate of drug-likeness (QED) is 0.879. The van der Waals surface area contributed by atoms with Crippen LogP contribution in [0, 0.1) is 0 Å². The van der Waals surface area contributed by atoms with Gasteiger partial charge in [0.15, 0.2) is 0 Å². The predicted molar refractivity (Wildman–Crippen MR) is 69.7 cm³/mol. The van der Waals surface area contributed by atoms with E-state index in [0.29, 0.717) is 5.69 Å². The van der Waals surface area contributed by atoms with Crippen LogP contribution >= 0.6 is 15.9 Å². The fraction of sp³-hybridized carbons (Fsp3) is 0.0833. The molecule has 0 amide bonds. The molecule has 6 heteroatoms. The summed E-state index contributed by atoms with van der Waals surface area (Å²) in [4.78, 5) is 19.5. The second-order valence-electron chi connectivity index (χ2n) is 3.56. The minimum absolute atomic E-state index is 0.150. The van der Waals surface area contributed by atoms with Crippen molar-refractivity contribution in [3.05, 3.63) is 52.5 Å². The van der Waals surface area contributed by atoms with Gasteiger partial charge in [-0.2, -0.15) is 0 Å². The van der Waals surface area contributed by atoms with Gasteiger partial charge in [-0.05, 0) is 34.1 Å². The molecule has 0 saturated heterocycles. The number of esters is 1. The number of hydrogen-bond acceptors (Lipinski definition) is 5. The average Bonchev–Trinajstić information content (AvgIpc) is 2.37. The van der Waals surface area contributed by atoms with Crippen LogP contribution in [0.25, 0.3) is 0 Å². The molecular weight excluding hydrogens is 298 g/mol. The van der Waals surface area contributed by atoms with Crippen molar-refractivity contribution >= 4 is 27.6 Å². The summed E-state index contributed by atoms with van der Waals surface area (Å²) < 4.78 is 5.94. The molecule has 2 rings (SSSR count). The third-order valence-electron chi connectivity index (χ3n) is 2.13. The first-order valence-electron chi connectivity index (χ1n) is 5.13. The van der Waals surface area contributed by atoms with Crippen molar-refractivity contribution in [3.63, 3.8) is 0 Å². The smallest absolute Gasteiger partial charge is 0.357 e. The van der Waals surface area contributed by atoms with Gasteiger partial charge < -0.3 is 10.5 Å². The Hall–Kier alpha value is -1.95. The monoisotopic (exact) mass is 307 g/mol. The van der Waals surface area contributed by atoms with Crippen LogP contribution in [0.15, 0.2) is 41.3 Å². The lowest BCUT2D eigenvalue weighted by molar-refractivity contribution is 0.0465. The van der Waals surface area contributed by atoms with E-state index in [4.69, 9.17) is 10.5 Å². The molecule has 0 unspecified atom stereocenters. The number of nitrogens with two attached hydrogens (primary N) is 1. The fourth-order valence-electron chi connectivity index (χ4n) is 1.28. The minimum Gasteiger partial charge on any atom is -0.456 e. The van der Waals surface area contributed by atoms with Crippen LogP contribution in [0.5, 0.6) is 0 Å². The zero-order chi connectivity index (χ0) is 13.0. The van der Waals surface area contributed by atoms with Crippen LogP contribution in [0.4, 0.5) is 5.69 Å². The van der Waals surface area contributed by atoms with Gasteiger partial charge in [-0.25, -0.2) is 9.78 Å². The first-order chi connectivity index (χ1) is 8.65. The first-order valence-corrected chi connectivity index (χ1v) is 5.92. The van der Waals surface area contributed by atoms with Crippen molar-refractivity contribution in [2.45, 2.75) is 6.61 Å². The highest BCUT2D eigenvalue weighted by atomic mass is 79.9. The number of pyridine rings is 2. The van der Waals surface area contributed by atoms with Gasteiger partial charge in [0.2, 0.25) is 0 Å². The molecular formula is C12H10BrN3O2. The number of ether oxygens (including phenoxy) is 1. The van der Waals surface area contributed by atoms with Crippen molar-refractivity contribution in [3.8, 4) is 0 Å². The molecule has 0 fully saturated rings. The summed E-state index contributed by atoms with van der Waals surface area (Å²) in [6, 6.07) is 4.96. The molecule has 0 atom stereocenters. The third kappa shape index (κ3) is 3.27. The van der Waals surface area contributed by atoms with Crippen LogP contribution < -0.4 is 5.73 Å². The van der Waals surface area contributed by atoms with Gasteiger partial charge in [0.05, 0.1) is 11.9 Å². The molecule has 0 aliphatic carbocycles. The Morgan fingerprint density at radius 3 is 2.83 bits per heavy atom. The number of halogens is 1. The molecule has 2 heterocycles. The Morgan fingerprint density at radius 2 is 2.17 bits per heavy atom. The summed E-state index contributed by atoms with van der Waals surface area (Å²) in [7, 11) is 0.